The monoisotopic (exact) mass is 382 g/mol. The van der Waals surface area contributed by atoms with E-state index in [9.17, 15) is 13.2 Å². The molecule has 0 saturated carbocycles. The largest absolute Gasteiger partial charge is 0.369 e. The van der Waals surface area contributed by atoms with Gasteiger partial charge in [-0.15, -0.1) is 0 Å². The van der Waals surface area contributed by atoms with E-state index in [2.05, 4.69) is 15.3 Å². The zero-order chi connectivity index (χ0) is 19.4. The molecule has 2 aromatic carbocycles. The van der Waals surface area contributed by atoms with Gasteiger partial charge in [0.05, 0.1) is 17.0 Å². The quantitative estimate of drug-likeness (QED) is 0.676. The number of nitrogens with two attached hydrogens (primary N) is 1. The lowest BCUT2D eigenvalue weighted by Crippen LogP contribution is -2.13. The molecule has 0 saturated heterocycles. The van der Waals surface area contributed by atoms with E-state index >= 15 is 0 Å². The maximum absolute atomic E-state index is 11.6. The second-order valence-electron chi connectivity index (χ2n) is 6.03. The molecule has 0 atom stereocenters. The Morgan fingerprint density at radius 2 is 1.70 bits per heavy atom. The molecular weight excluding hydrogens is 364 g/mol. The first kappa shape index (κ1) is 18.5. The average molecular weight is 382 g/mol. The van der Waals surface area contributed by atoms with Crippen molar-refractivity contribution in [1.29, 1.82) is 0 Å². The van der Waals surface area contributed by atoms with Crippen LogP contribution in [-0.4, -0.2) is 30.5 Å². The van der Waals surface area contributed by atoms with Crippen LogP contribution >= 0.6 is 0 Å². The molecule has 0 aliphatic rings. The van der Waals surface area contributed by atoms with Gasteiger partial charge in [0, 0.05) is 23.7 Å². The average Bonchev–Trinajstić information content (AvgIpc) is 2.63. The maximum Gasteiger partial charge on any atom is 0.227 e. The van der Waals surface area contributed by atoms with E-state index in [0.717, 1.165) is 16.8 Å². The van der Waals surface area contributed by atoms with Gasteiger partial charge < -0.3 is 11.1 Å². The molecule has 1 heterocycles. The molecule has 0 radical (unpaired) electrons. The molecule has 0 fully saturated rings. The fourth-order valence-electron chi connectivity index (χ4n) is 2.49. The number of primary amides is 1. The highest BCUT2D eigenvalue weighted by Gasteiger charge is 2.08. The van der Waals surface area contributed by atoms with Gasteiger partial charge in [-0.25, -0.2) is 18.4 Å². The zero-order valence-electron chi connectivity index (χ0n) is 14.6. The number of carbonyl (C=O) groups is 1. The Hall–Kier alpha value is -3.26. The minimum absolute atomic E-state index is 0.190. The van der Waals surface area contributed by atoms with Crippen LogP contribution in [0.5, 0.6) is 0 Å². The minimum Gasteiger partial charge on any atom is -0.369 e. The van der Waals surface area contributed by atoms with E-state index in [0.29, 0.717) is 11.6 Å². The molecule has 7 nitrogen and oxygen atoms in total. The second kappa shape index (κ2) is 7.55. The van der Waals surface area contributed by atoms with Crippen LogP contribution in [0.4, 0.5) is 11.6 Å². The number of sulfone groups is 1. The predicted molar refractivity (Wildman–Crippen MR) is 103 cm³/mol. The normalized spacial score (nSPS) is 11.1. The number of amides is 1. The van der Waals surface area contributed by atoms with Gasteiger partial charge in [-0.05, 0) is 35.9 Å². The second-order valence-corrected chi connectivity index (χ2v) is 8.04. The van der Waals surface area contributed by atoms with Crippen LogP contribution in [0.1, 0.15) is 5.56 Å². The molecule has 3 N–H and O–H groups in total. The molecule has 0 spiro atoms. The number of hydrogen-bond donors (Lipinski definition) is 2. The van der Waals surface area contributed by atoms with Gasteiger partial charge in [0.25, 0.3) is 0 Å². The number of nitrogens with one attached hydrogen (secondary N) is 1. The van der Waals surface area contributed by atoms with Crippen molar-refractivity contribution in [3.05, 3.63) is 66.4 Å². The maximum atomic E-state index is 11.6. The van der Waals surface area contributed by atoms with Crippen LogP contribution in [0.25, 0.3) is 11.3 Å². The lowest BCUT2D eigenvalue weighted by molar-refractivity contribution is -0.117. The predicted octanol–water partition coefficient (Wildman–Crippen LogP) is 2.32. The van der Waals surface area contributed by atoms with Crippen molar-refractivity contribution in [3.8, 4) is 11.3 Å². The van der Waals surface area contributed by atoms with E-state index in [1.807, 2.05) is 12.1 Å². The van der Waals surface area contributed by atoms with Crippen molar-refractivity contribution < 1.29 is 13.2 Å². The summed E-state index contributed by atoms with van der Waals surface area (Å²) in [6.07, 6.45) is 2.98. The first-order chi connectivity index (χ1) is 12.8. The Morgan fingerprint density at radius 3 is 2.30 bits per heavy atom. The summed E-state index contributed by atoms with van der Waals surface area (Å²) in [5, 5.41) is 3.10. The van der Waals surface area contributed by atoms with E-state index in [4.69, 9.17) is 5.73 Å². The fraction of sp³-hybridized carbons (Fsp3) is 0.105. The van der Waals surface area contributed by atoms with Gasteiger partial charge in [-0.2, -0.15) is 0 Å². The molecule has 27 heavy (non-hydrogen) atoms. The summed E-state index contributed by atoms with van der Waals surface area (Å²) in [6.45, 7) is 0. The Kier molecular flexibility index (Phi) is 5.18. The number of benzene rings is 2. The molecule has 8 heteroatoms. The smallest absolute Gasteiger partial charge is 0.227 e. The Labute approximate surface area is 157 Å². The highest BCUT2D eigenvalue weighted by atomic mass is 32.2. The number of aromatic nitrogens is 2. The first-order valence-electron chi connectivity index (χ1n) is 8.09. The highest BCUT2D eigenvalue weighted by Crippen LogP contribution is 2.21. The van der Waals surface area contributed by atoms with Gasteiger partial charge in [0.1, 0.15) is 0 Å². The summed E-state index contributed by atoms with van der Waals surface area (Å²) in [5.74, 6) is 0.0241. The first-order valence-corrected chi connectivity index (χ1v) is 9.98. The van der Waals surface area contributed by atoms with Crippen molar-refractivity contribution in [2.45, 2.75) is 11.3 Å². The highest BCUT2D eigenvalue weighted by molar-refractivity contribution is 7.90. The van der Waals surface area contributed by atoms with E-state index in [-0.39, 0.29) is 17.2 Å². The Balaban J connectivity index is 1.78. The van der Waals surface area contributed by atoms with Gasteiger partial charge in [-0.1, -0.05) is 24.3 Å². The third-order valence-electron chi connectivity index (χ3n) is 3.82. The lowest BCUT2D eigenvalue weighted by atomic mass is 10.1. The number of anilines is 2. The molecule has 1 aromatic heterocycles. The standard InChI is InChI=1S/C19H18N4O3S/c1-27(25,26)16-8-4-14(5-9-16)17-10-11-21-19(23-17)22-15-6-2-13(3-7-15)12-18(20)24/h2-11H,12H2,1H3,(H2,20,24)(H,21,22,23). The molecule has 3 aromatic rings. The summed E-state index contributed by atoms with van der Waals surface area (Å²) in [4.78, 5) is 19.9. The summed E-state index contributed by atoms with van der Waals surface area (Å²) in [6, 6.07) is 15.5. The van der Waals surface area contributed by atoms with Gasteiger partial charge >= 0.3 is 0 Å². The van der Waals surface area contributed by atoms with Gasteiger partial charge in [-0.3, -0.25) is 4.79 Å². The number of hydrogen-bond acceptors (Lipinski definition) is 6. The van der Waals surface area contributed by atoms with E-state index in [1.165, 1.54) is 6.26 Å². The molecule has 0 bridgehead atoms. The van der Waals surface area contributed by atoms with E-state index < -0.39 is 9.84 Å². The number of rotatable bonds is 6. The molecule has 3 rings (SSSR count). The van der Waals surface area contributed by atoms with Gasteiger partial charge in [0.15, 0.2) is 9.84 Å². The molecule has 0 unspecified atom stereocenters. The van der Waals surface area contributed by atoms with Gasteiger partial charge in [0.2, 0.25) is 11.9 Å². The molecule has 0 aliphatic heterocycles. The van der Waals surface area contributed by atoms with E-state index in [1.54, 1.807) is 48.7 Å². The van der Waals surface area contributed by atoms with Crippen molar-refractivity contribution in [3.63, 3.8) is 0 Å². The van der Waals surface area contributed by atoms with Crippen molar-refractivity contribution in [2.75, 3.05) is 11.6 Å². The molecular formula is C19H18N4O3S. The molecule has 0 aliphatic carbocycles. The van der Waals surface area contributed by atoms with Crippen LogP contribution in [0.3, 0.4) is 0 Å². The van der Waals surface area contributed by atoms with Crippen LogP contribution in [0.2, 0.25) is 0 Å². The number of carbonyl (C=O) groups excluding carboxylic acids is 1. The third-order valence-corrected chi connectivity index (χ3v) is 4.95. The minimum atomic E-state index is -3.24. The Morgan fingerprint density at radius 1 is 1.04 bits per heavy atom. The topological polar surface area (TPSA) is 115 Å². The summed E-state index contributed by atoms with van der Waals surface area (Å²) in [7, 11) is -3.24. The summed E-state index contributed by atoms with van der Waals surface area (Å²) in [5.41, 5.74) is 8.23. The third kappa shape index (κ3) is 4.89. The van der Waals surface area contributed by atoms with Crippen LogP contribution in [0, 0.1) is 0 Å². The van der Waals surface area contributed by atoms with Crippen LogP contribution < -0.4 is 11.1 Å². The van der Waals surface area contributed by atoms with Crippen molar-refractivity contribution in [1.82, 2.24) is 9.97 Å². The number of nitrogens with zero attached hydrogens (tertiary/aromatic N) is 2. The van der Waals surface area contributed by atoms with Crippen LogP contribution in [-0.2, 0) is 21.1 Å². The SMILES string of the molecule is CS(=O)(=O)c1ccc(-c2ccnc(Nc3ccc(CC(N)=O)cc3)n2)cc1. The van der Waals surface area contributed by atoms with Crippen LogP contribution in [0.15, 0.2) is 65.7 Å². The fourth-order valence-corrected chi connectivity index (χ4v) is 3.12. The molecule has 138 valence electrons. The summed E-state index contributed by atoms with van der Waals surface area (Å²) >= 11 is 0. The molecule has 1 amide bonds. The van der Waals surface area contributed by atoms with Crippen molar-refractivity contribution in [2.24, 2.45) is 5.73 Å². The lowest BCUT2D eigenvalue weighted by Gasteiger charge is -2.08. The zero-order valence-corrected chi connectivity index (χ0v) is 15.4. The van der Waals surface area contributed by atoms with Crippen molar-refractivity contribution >= 4 is 27.4 Å². The summed E-state index contributed by atoms with van der Waals surface area (Å²) < 4.78 is 23.1. The Bertz CT molecular complexity index is 1060.